The van der Waals surface area contributed by atoms with Gasteiger partial charge in [0.25, 0.3) is 0 Å². The quantitative estimate of drug-likeness (QED) is 0.468. The molecule has 1 aromatic rings. The Morgan fingerprint density at radius 1 is 1.16 bits per heavy atom. The van der Waals surface area contributed by atoms with Crippen molar-refractivity contribution < 1.29 is 28.6 Å². The molecule has 0 spiro atoms. The van der Waals surface area contributed by atoms with Gasteiger partial charge in [0.1, 0.15) is 5.75 Å². The maximum absolute atomic E-state index is 13.4. The van der Waals surface area contributed by atoms with E-state index in [0.29, 0.717) is 41.9 Å². The molecule has 37 heavy (non-hydrogen) atoms. The molecule has 2 atom stereocenters. The number of hydrogen-bond donors (Lipinski definition) is 0. The first kappa shape index (κ1) is 26.8. The van der Waals surface area contributed by atoms with Crippen molar-refractivity contribution in [1.82, 2.24) is 9.80 Å². The first-order valence-corrected chi connectivity index (χ1v) is 13.5. The number of amidine groups is 1. The highest BCUT2D eigenvalue weighted by atomic mass is 32.2. The summed E-state index contributed by atoms with van der Waals surface area (Å²) in [6.45, 7) is 6.87. The van der Waals surface area contributed by atoms with E-state index in [4.69, 9.17) is 14.2 Å². The molecular weight excluding hydrogens is 494 g/mol. The Morgan fingerprint density at radius 2 is 1.95 bits per heavy atom. The minimum absolute atomic E-state index is 0.0737. The van der Waals surface area contributed by atoms with E-state index in [2.05, 4.69) is 4.99 Å². The molecule has 0 saturated carbocycles. The molecule has 1 fully saturated rings. The number of rotatable bonds is 8. The number of fused-ring (bicyclic) bond motifs is 1. The zero-order valence-electron chi connectivity index (χ0n) is 21.7. The number of hydrogen-bond acceptors (Lipinski definition) is 9. The smallest absolute Gasteiger partial charge is 0.338 e. The SMILES string of the molecule is CCOC(=O)C1=C(C)N=C2SC=C(CC(=O)N3CCCC(C(=O)OCC)C3)N2C1c1cccc(OC)c1. The lowest BCUT2D eigenvalue weighted by Gasteiger charge is -2.37. The Balaban J connectivity index is 1.62. The summed E-state index contributed by atoms with van der Waals surface area (Å²) in [5, 5.41) is 2.61. The highest BCUT2D eigenvalue weighted by molar-refractivity contribution is 8.16. The van der Waals surface area contributed by atoms with Crippen LogP contribution in [0.3, 0.4) is 0 Å². The molecule has 0 aliphatic carbocycles. The van der Waals surface area contributed by atoms with E-state index < -0.39 is 12.0 Å². The lowest BCUT2D eigenvalue weighted by molar-refractivity contribution is -0.151. The van der Waals surface area contributed by atoms with Gasteiger partial charge in [-0.25, -0.2) is 9.79 Å². The average Bonchev–Trinajstić information content (AvgIpc) is 3.29. The predicted molar refractivity (Wildman–Crippen MR) is 141 cm³/mol. The van der Waals surface area contributed by atoms with Crippen LogP contribution in [0.2, 0.25) is 0 Å². The molecule has 0 radical (unpaired) electrons. The molecule has 3 aliphatic heterocycles. The van der Waals surface area contributed by atoms with E-state index in [1.165, 1.54) is 11.8 Å². The molecule has 10 heteroatoms. The Bertz CT molecular complexity index is 1160. The number of ether oxygens (including phenoxy) is 3. The number of carbonyl (C=O) groups excluding carboxylic acids is 3. The Hall–Kier alpha value is -3.27. The number of esters is 2. The molecular formula is C27H33N3O6S. The summed E-state index contributed by atoms with van der Waals surface area (Å²) in [5.41, 5.74) is 2.59. The van der Waals surface area contributed by atoms with Crippen molar-refractivity contribution in [1.29, 1.82) is 0 Å². The summed E-state index contributed by atoms with van der Waals surface area (Å²) >= 11 is 1.43. The Kier molecular flexibility index (Phi) is 8.58. The van der Waals surface area contributed by atoms with Crippen LogP contribution < -0.4 is 4.74 Å². The minimum atomic E-state index is -0.524. The summed E-state index contributed by atoms with van der Waals surface area (Å²) in [6, 6.07) is 7.01. The van der Waals surface area contributed by atoms with Crippen molar-refractivity contribution in [2.75, 3.05) is 33.4 Å². The Morgan fingerprint density at radius 3 is 2.68 bits per heavy atom. The number of allylic oxidation sites excluding steroid dienone is 1. The number of piperidine rings is 1. The first-order valence-electron chi connectivity index (χ1n) is 12.6. The molecule has 1 amide bonds. The van der Waals surface area contributed by atoms with Crippen molar-refractivity contribution in [3.05, 3.63) is 52.2 Å². The Labute approximate surface area is 221 Å². The fraction of sp³-hybridized carbons (Fsp3) is 0.481. The molecule has 2 unspecified atom stereocenters. The van der Waals surface area contributed by atoms with Crippen LogP contribution in [0.1, 0.15) is 51.6 Å². The lowest BCUT2D eigenvalue weighted by atomic mass is 9.93. The van der Waals surface area contributed by atoms with Gasteiger partial charge in [-0.1, -0.05) is 23.9 Å². The van der Waals surface area contributed by atoms with Crippen LogP contribution in [-0.2, 0) is 23.9 Å². The van der Waals surface area contributed by atoms with Gasteiger partial charge in [-0.2, -0.15) is 0 Å². The zero-order chi connectivity index (χ0) is 26.5. The fourth-order valence-electron chi connectivity index (χ4n) is 4.89. The second kappa shape index (κ2) is 11.9. The maximum atomic E-state index is 13.4. The number of amides is 1. The second-order valence-electron chi connectivity index (χ2n) is 9.00. The van der Waals surface area contributed by atoms with Gasteiger partial charge in [-0.3, -0.25) is 9.59 Å². The van der Waals surface area contributed by atoms with Gasteiger partial charge in [0.15, 0.2) is 5.17 Å². The zero-order valence-corrected chi connectivity index (χ0v) is 22.5. The van der Waals surface area contributed by atoms with Crippen molar-refractivity contribution in [3.8, 4) is 5.75 Å². The number of carbonyl (C=O) groups is 3. The summed E-state index contributed by atoms with van der Waals surface area (Å²) in [5.74, 6) is -0.405. The van der Waals surface area contributed by atoms with Gasteiger partial charge in [0.05, 0.1) is 50.0 Å². The van der Waals surface area contributed by atoms with Gasteiger partial charge < -0.3 is 24.0 Å². The number of benzene rings is 1. The van der Waals surface area contributed by atoms with Gasteiger partial charge >= 0.3 is 11.9 Å². The number of aliphatic imine (C=N–C) groups is 1. The third kappa shape index (κ3) is 5.69. The molecule has 1 saturated heterocycles. The van der Waals surface area contributed by atoms with E-state index in [9.17, 15) is 14.4 Å². The van der Waals surface area contributed by atoms with Crippen molar-refractivity contribution in [2.24, 2.45) is 10.9 Å². The first-order chi connectivity index (χ1) is 17.9. The monoisotopic (exact) mass is 527 g/mol. The molecule has 0 aromatic heterocycles. The van der Waals surface area contributed by atoms with Gasteiger partial charge in [0, 0.05) is 18.8 Å². The second-order valence-corrected chi connectivity index (χ2v) is 9.83. The highest BCUT2D eigenvalue weighted by Crippen LogP contribution is 2.45. The molecule has 198 valence electrons. The molecule has 3 aliphatic rings. The molecule has 9 nitrogen and oxygen atoms in total. The largest absolute Gasteiger partial charge is 0.497 e. The van der Waals surface area contributed by atoms with Crippen LogP contribution in [0.4, 0.5) is 0 Å². The van der Waals surface area contributed by atoms with Crippen LogP contribution in [0, 0.1) is 5.92 Å². The van der Waals surface area contributed by atoms with Crippen LogP contribution in [0.5, 0.6) is 5.75 Å². The maximum Gasteiger partial charge on any atom is 0.338 e. The lowest BCUT2D eigenvalue weighted by Crippen LogP contribution is -2.44. The predicted octanol–water partition coefficient (Wildman–Crippen LogP) is 4.03. The summed E-state index contributed by atoms with van der Waals surface area (Å²) in [6.07, 6.45) is 1.59. The van der Waals surface area contributed by atoms with E-state index >= 15 is 0 Å². The molecule has 1 aromatic carbocycles. The van der Waals surface area contributed by atoms with E-state index in [1.54, 1.807) is 32.8 Å². The number of methoxy groups -OCH3 is 1. The van der Waals surface area contributed by atoms with Crippen LogP contribution in [0.25, 0.3) is 0 Å². The number of likely N-dealkylation sites (tertiary alicyclic amines) is 1. The number of nitrogens with zero attached hydrogens (tertiary/aromatic N) is 3. The topological polar surface area (TPSA) is 97.7 Å². The summed E-state index contributed by atoms with van der Waals surface area (Å²) in [4.78, 5) is 47.2. The van der Waals surface area contributed by atoms with E-state index in [0.717, 1.165) is 24.1 Å². The number of thioether (sulfide) groups is 1. The van der Waals surface area contributed by atoms with E-state index in [-0.39, 0.29) is 30.8 Å². The van der Waals surface area contributed by atoms with Gasteiger partial charge in [0.2, 0.25) is 5.91 Å². The van der Waals surface area contributed by atoms with E-state index in [1.807, 2.05) is 34.6 Å². The minimum Gasteiger partial charge on any atom is -0.497 e. The third-order valence-electron chi connectivity index (χ3n) is 6.63. The summed E-state index contributed by atoms with van der Waals surface area (Å²) < 4.78 is 16.0. The van der Waals surface area contributed by atoms with Crippen molar-refractivity contribution in [3.63, 3.8) is 0 Å². The normalized spacial score (nSPS) is 21.2. The highest BCUT2D eigenvalue weighted by Gasteiger charge is 2.42. The van der Waals surface area contributed by atoms with Crippen LogP contribution >= 0.6 is 11.8 Å². The van der Waals surface area contributed by atoms with Crippen LogP contribution in [0.15, 0.2) is 51.6 Å². The fourth-order valence-corrected chi connectivity index (χ4v) is 5.85. The van der Waals surface area contributed by atoms with Crippen molar-refractivity contribution in [2.45, 2.75) is 46.1 Å². The third-order valence-corrected chi connectivity index (χ3v) is 7.52. The molecule has 0 bridgehead atoms. The molecule has 0 N–H and O–H groups in total. The van der Waals surface area contributed by atoms with Crippen LogP contribution in [-0.4, -0.2) is 66.2 Å². The molecule has 4 rings (SSSR count). The summed E-state index contributed by atoms with van der Waals surface area (Å²) in [7, 11) is 1.60. The van der Waals surface area contributed by atoms with Gasteiger partial charge in [-0.15, -0.1) is 0 Å². The van der Waals surface area contributed by atoms with Crippen molar-refractivity contribution >= 4 is 34.8 Å². The standard InChI is InChI=1S/C27H33N3O6S/c1-5-35-25(32)19-10-8-12-29(15-19)22(31)14-20-16-37-27-28-17(3)23(26(33)36-6-2)24(30(20)27)18-9-7-11-21(13-18)34-4/h7,9,11,13,16,19,24H,5-6,8,10,12,14-15H2,1-4H3. The molecule has 3 heterocycles. The van der Waals surface area contributed by atoms with Gasteiger partial charge in [-0.05, 0) is 56.7 Å². The average molecular weight is 528 g/mol.